The molecule has 0 N–H and O–H groups in total. The quantitative estimate of drug-likeness (QED) is 0.594. The standard InChI is InChI=1S/C23H34O2/c1-14-12-22(5)16-7-9-21(4)18(24)8-10-20(21,3)17(16)11-19(25)23(22,6)13-15(14)2/h11,14-16H,7-10,12-13H2,1-6H3/t14-,15+,16?,20-,21+,22+,23-/m0/s1. The van der Waals surface area contributed by atoms with Gasteiger partial charge in [-0.25, -0.2) is 0 Å². The molecule has 4 rings (SSSR count). The summed E-state index contributed by atoms with van der Waals surface area (Å²) in [5.41, 5.74) is 0.765. The fourth-order valence-corrected chi connectivity index (χ4v) is 7.38. The van der Waals surface area contributed by atoms with Gasteiger partial charge in [-0.15, -0.1) is 0 Å². The van der Waals surface area contributed by atoms with Crippen molar-refractivity contribution in [3.8, 4) is 0 Å². The summed E-state index contributed by atoms with van der Waals surface area (Å²) < 4.78 is 0. The van der Waals surface area contributed by atoms with Gasteiger partial charge in [0, 0.05) is 22.7 Å². The maximum Gasteiger partial charge on any atom is 0.162 e. The topological polar surface area (TPSA) is 34.1 Å². The highest BCUT2D eigenvalue weighted by molar-refractivity contribution is 5.98. The average Bonchev–Trinajstić information content (AvgIpc) is 2.77. The molecule has 0 radical (unpaired) electrons. The van der Waals surface area contributed by atoms with Gasteiger partial charge in [-0.1, -0.05) is 47.1 Å². The van der Waals surface area contributed by atoms with Crippen LogP contribution in [0.4, 0.5) is 0 Å². The first-order valence-electron chi connectivity index (χ1n) is 10.3. The molecule has 3 saturated carbocycles. The Hall–Kier alpha value is -0.920. The Kier molecular flexibility index (Phi) is 3.41. The molecule has 0 spiro atoms. The van der Waals surface area contributed by atoms with Crippen molar-refractivity contribution in [3.63, 3.8) is 0 Å². The summed E-state index contributed by atoms with van der Waals surface area (Å²) in [7, 11) is 0. The van der Waals surface area contributed by atoms with Crippen LogP contribution < -0.4 is 0 Å². The molecule has 0 aromatic carbocycles. The Labute approximate surface area is 152 Å². The minimum atomic E-state index is -0.257. The molecule has 4 aliphatic rings. The maximum atomic E-state index is 13.4. The predicted octanol–water partition coefficient (Wildman–Crippen LogP) is 5.36. The third-order valence-corrected chi connectivity index (χ3v) is 9.94. The van der Waals surface area contributed by atoms with E-state index in [0.717, 1.165) is 32.1 Å². The van der Waals surface area contributed by atoms with Crippen molar-refractivity contribution >= 4 is 11.6 Å². The van der Waals surface area contributed by atoms with Crippen LogP contribution in [0.5, 0.6) is 0 Å². The van der Waals surface area contributed by atoms with E-state index >= 15 is 0 Å². The zero-order valence-corrected chi connectivity index (χ0v) is 16.9. The lowest BCUT2D eigenvalue weighted by atomic mass is 9.39. The second-order valence-corrected chi connectivity index (χ2v) is 10.8. The normalized spacial score (nSPS) is 55.3. The zero-order valence-electron chi connectivity index (χ0n) is 16.9. The molecular weight excluding hydrogens is 308 g/mol. The molecule has 0 saturated heterocycles. The smallest absolute Gasteiger partial charge is 0.162 e. The van der Waals surface area contributed by atoms with Gasteiger partial charge < -0.3 is 0 Å². The van der Waals surface area contributed by atoms with Gasteiger partial charge in [0.15, 0.2) is 5.78 Å². The van der Waals surface area contributed by atoms with Crippen molar-refractivity contribution in [3.05, 3.63) is 11.6 Å². The van der Waals surface area contributed by atoms with Crippen LogP contribution in [0, 0.1) is 39.4 Å². The van der Waals surface area contributed by atoms with Crippen molar-refractivity contribution in [1.82, 2.24) is 0 Å². The number of hydrogen-bond donors (Lipinski definition) is 0. The first kappa shape index (κ1) is 17.5. The summed E-state index contributed by atoms with van der Waals surface area (Å²) in [4.78, 5) is 26.1. The van der Waals surface area contributed by atoms with E-state index < -0.39 is 0 Å². The van der Waals surface area contributed by atoms with Gasteiger partial charge in [-0.3, -0.25) is 9.59 Å². The predicted molar refractivity (Wildman–Crippen MR) is 100 cm³/mol. The highest BCUT2D eigenvalue weighted by Gasteiger charge is 2.67. The lowest BCUT2D eigenvalue weighted by Crippen LogP contribution is -2.60. The molecule has 7 atom stereocenters. The van der Waals surface area contributed by atoms with Crippen LogP contribution in [0.25, 0.3) is 0 Å². The van der Waals surface area contributed by atoms with Crippen LogP contribution >= 0.6 is 0 Å². The first-order valence-corrected chi connectivity index (χ1v) is 10.3. The Bertz CT molecular complexity index is 690. The number of allylic oxidation sites excluding steroid dienone is 2. The summed E-state index contributed by atoms with van der Waals surface area (Å²) in [5, 5.41) is 0. The van der Waals surface area contributed by atoms with E-state index in [9.17, 15) is 9.59 Å². The van der Waals surface area contributed by atoms with Gasteiger partial charge in [-0.05, 0) is 61.3 Å². The van der Waals surface area contributed by atoms with Crippen LogP contribution in [0.15, 0.2) is 11.6 Å². The van der Waals surface area contributed by atoms with Gasteiger partial charge in [0.05, 0.1) is 0 Å². The van der Waals surface area contributed by atoms with Crippen LogP contribution in [0.1, 0.15) is 80.1 Å². The number of carbonyl (C=O) groups excluding carboxylic acids is 2. The van der Waals surface area contributed by atoms with Gasteiger partial charge >= 0.3 is 0 Å². The van der Waals surface area contributed by atoms with Crippen LogP contribution in [0.3, 0.4) is 0 Å². The second kappa shape index (κ2) is 4.87. The Morgan fingerprint density at radius 1 is 0.880 bits per heavy atom. The number of hydrogen-bond acceptors (Lipinski definition) is 2. The Morgan fingerprint density at radius 3 is 2.20 bits per heavy atom. The molecule has 3 fully saturated rings. The fraction of sp³-hybridized carbons (Fsp3) is 0.826. The molecule has 0 heterocycles. The number of ketones is 2. The van der Waals surface area contributed by atoms with E-state index in [2.05, 4.69) is 41.5 Å². The summed E-state index contributed by atoms with van der Waals surface area (Å²) in [6, 6.07) is 0. The van der Waals surface area contributed by atoms with Crippen molar-refractivity contribution in [2.24, 2.45) is 39.4 Å². The number of fused-ring (bicyclic) bond motifs is 5. The number of carbonyl (C=O) groups is 2. The molecule has 1 unspecified atom stereocenters. The van der Waals surface area contributed by atoms with E-state index in [1.165, 1.54) is 5.57 Å². The van der Waals surface area contributed by atoms with E-state index in [4.69, 9.17) is 0 Å². The number of rotatable bonds is 0. The molecule has 4 aliphatic carbocycles. The van der Waals surface area contributed by atoms with Crippen molar-refractivity contribution in [1.29, 1.82) is 0 Å². The molecule has 2 heteroatoms. The molecule has 25 heavy (non-hydrogen) atoms. The lowest BCUT2D eigenvalue weighted by Gasteiger charge is -2.63. The second-order valence-electron chi connectivity index (χ2n) is 10.8. The fourth-order valence-electron chi connectivity index (χ4n) is 7.38. The van der Waals surface area contributed by atoms with E-state index in [0.29, 0.717) is 35.7 Å². The van der Waals surface area contributed by atoms with Crippen molar-refractivity contribution < 1.29 is 9.59 Å². The summed E-state index contributed by atoms with van der Waals surface area (Å²) in [6.45, 7) is 13.8. The summed E-state index contributed by atoms with van der Waals surface area (Å²) >= 11 is 0. The Balaban J connectivity index is 1.88. The molecule has 0 bridgehead atoms. The lowest BCUT2D eigenvalue weighted by molar-refractivity contribution is -0.152. The summed E-state index contributed by atoms with van der Waals surface area (Å²) in [5.74, 6) is 2.50. The van der Waals surface area contributed by atoms with Crippen LogP contribution in [0.2, 0.25) is 0 Å². The third-order valence-electron chi connectivity index (χ3n) is 9.94. The monoisotopic (exact) mass is 342 g/mol. The van der Waals surface area contributed by atoms with Crippen molar-refractivity contribution in [2.75, 3.05) is 0 Å². The highest BCUT2D eigenvalue weighted by Crippen LogP contribution is 2.71. The molecule has 0 amide bonds. The molecule has 0 aromatic heterocycles. The molecule has 0 aromatic rings. The van der Waals surface area contributed by atoms with E-state index in [1.807, 2.05) is 6.08 Å². The van der Waals surface area contributed by atoms with Gasteiger partial charge in [-0.2, -0.15) is 0 Å². The minimum absolute atomic E-state index is 0.0378. The van der Waals surface area contributed by atoms with Gasteiger partial charge in [0.25, 0.3) is 0 Å². The average molecular weight is 343 g/mol. The van der Waals surface area contributed by atoms with Gasteiger partial charge in [0.2, 0.25) is 0 Å². The van der Waals surface area contributed by atoms with E-state index in [1.54, 1.807) is 0 Å². The minimum Gasteiger partial charge on any atom is -0.299 e. The molecular formula is C23H34O2. The third kappa shape index (κ3) is 1.82. The SMILES string of the molecule is C[C@@H]1C[C@@]2(C)C(=O)C=C3C(CC[C@]4(C)C(=O)CC[C@@]34C)[C@@]2(C)C[C@@H]1C. The highest BCUT2D eigenvalue weighted by atomic mass is 16.1. The molecule has 0 aliphatic heterocycles. The summed E-state index contributed by atoms with van der Waals surface area (Å²) in [6.07, 6.45) is 7.85. The van der Waals surface area contributed by atoms with Crippen molar-refractivity contribution in [2.45, 2.75) is 80.1 Å². The first-order chi connectivity index (χ1) is 11.5. The largest absolute Gasteiger partial charge is 0.299 e. The van der Waals surface area contributed by atoms with E-state index in [-0.39, 0.29) is 21.7 Å². The van der Waals surface area contributed by atoms with Crippen LogP contribution in [-0.2, 0) is 9.59 Å². The zero-order chi connectivity index (χ0) is 18.4. The van der Waals surface area contributed by atoms with Crippen LogP contribution in [-0.4, -0.2) is 11.6 Å². The molecule has 138 valence electrons. The number of Topliss-reactive ketones (excluding diaryl/α,β-unsaturated/α-hetero) is 1. The Morgan fingerprint density at radius 2 is 1.52 bits per heavy atom. The molecule has 2 nitrogen and oxygen atoms in total. The van der Waals surface area contributed by atoms with Gasteiger partial charge in [0.1, 0.15) is 5.78 Å². The maximum absolute atomic E-state index is 13.4.